The molecule has 1 N–H and O–H groups in total. The third-order valence-electron chi connectivity index (χ3n) is 0.744. The van der Waals surface area contributed by atoms with Gasteiger partial charge in [-0.2, -0.15) is 0 Å². The predicted molar refractivity (Wildman–Crippen MR) is 50.3 cm³/mol. The Labute approximate surface area is 93.2 Å². The summed E-state index contributed by atoms with van der Waals surface area (Å²) in [6.07, 6.45) is 0. The highest BCUT2D eigenvalue weighted by molar-refractivity contribution is 6.61. The zero-order valence-corrected chi connectivity index (χ0v) is 8.97. The van der Waals surface area contributed by atoms with E-state index in [-0.39, 0.29) is 0 Å². The van der Waals surface area contributed by atoms with E-state index >= 15 is 0 Å². The van der Waals surface area contributed by atoms with Crippen LogP contribution in [0.3, 0.4) is 0 Å². The average molecular weight is 272 g/mol. The summed E-state index contributed by atoms with van der Waals surface area (Å²) < 4.78 is -0.975. The van der Waals surface area contributed by atoms with Crippen molar-refractivity contribution in [3.05, 3.63) is 24.9 Å². The summed E-state index contributed by atoms with van der Waals surface area (Å²) in [7, 11) is 0. The summed E-state index contributed by atoms with van der Waals surface area (Å²) in [4.78, 5) is 0. The normalized spacial score (nSPS) is 9.25. The highest BCUT2D eigenvalue weighted by Gasteiger charge is 2.11. The maximum atomic E-state index is 10.3. The molecule has 0 spiro atoms. The van der Waals surface area contributed by atoms with Crippen molar-refractivity contribution in [2.24, 2.45) is 0 Å². The Kier molecular flexibility index (Phi) is 5.69. The summed E-state index contributed by atoms with van der Waals surface area (Å²) in [5.74, 6) is 0. The van der Waals surface area contributed by atoms with E-state index in [1.54, 1.807) is 0 Å². The molecule has 0 aromatic carbocycles. The van der Waals surface area contributed by atoms with Crippen LogP contribution >= 0.6 is 58.0 Å². The monoisotopic (exact) mass is 270 g/mol. The molecule has 0 unspecified atom stereocenters. The van der Waals surface area contributed by atoms with Crippen LogP contribution in [0.25, 0.3) is 0 Å². The molecule has 0 aliphatic rings. The maximum Gasteiger partial charge on any atom is 0.133 e. The van der Waals surface area contributed by atoms with Gasteiger partial charge >= 0.3 is 0 Å². The molecular weight excluding hydrogens is 271 g/mol. The molecule has 0 amide bonds. The molecule has 0 bridgehead atoms. The van der Waals surface area contributed by atoms with Gasteiger partial charge in [-0.25, -0.2) is 0 Å². The second-order valence-electron chi connectivity index (χ2n) is 1.46. The number of rotatable bonds is 2. The van der Waals surface area contributed by atoms with Gasteiger partial charge in [-0.3, -0.25) is 5.21 Å². The first-order valence-corrected chi connectivity index (χ1v) is 4.19. The fourth-order valence-corrected chi connectivity index (χ4v) is 1.10. The summed E-state index contributed by atoms with van der Waals surface area (Å²) in [6, 6.07) is 0. The van der Waals surface area contributed by atoms with E-state index in [1.807, 2.05) is 0 Å². The highest BCUT2D eigenvalue weighted by atomic mass is 35.5. The molecule has 0 rings (SSSR count). The van der Waals surface area contributed by atoms with Crippen LogP contribution in [0.2, 0.25) is 0 Å². The van der Waals surface area contributed by atoms with Gasteiger partial charge < -0.3 is 10.4 Å². The molecule has 0 aliphatic carbocycles. The van der Waals surface area contributed by atoms with Crippen LogP contribution in [0.5, 0.6) is 0 Å². The van der Waals surface area contributed by atoms with Crippen LogP contribution < -0.4 is 0 Å². The number of halogens is 5. The minimum Gasteiger partial charge on any atom is -0.733 e. The van der Waals surface area contributed by atoms with Gasteiger partial charge in [0.1, 0.15) is 14.7 Å². The van der Waals surface area contributed by atoms with E-state index in [1.165, 1.54) is 0 Å². The minimum atomic E-state index is -0.636. The fourth-order valence-electron chi connectivity index (χ4n) is 0.329. The second kappa shape index (κ2) is 5.40. The number of nitrogens with zero attached hydrogens (tertiary/aromatic N) is 1. The van der Waals surface area contributed by atoms with Gasteiger partial charge in [0.2, 0.25) is 0 Å². The zero-order valence-electron chi connectivity index (χ0n) is 5.19. The van der Waals surface area contributed by atoms with E-state index in [0.29, 0.717) is 0 Å². The van der Waals surface area contributed by atoms with E-state index in [2.05, 4.69) is 0 Å². The van der Waals surface area contributed by atoms with E-state index in [4.69, 9.17) is 63.2 Å². The van der Waals surface area contributed by atoms with Crippen LogP contribution in [-0.2, 0) is 0 Å². The van der Waals surface area contributed by atoms with Crippen molar-refractivity contribution in [1.29, 1.82) is 0 Å². The van der Waals surface area contributed by atoms with Crippen molar-refractivity contribution in [3.8, 4) is 0 Å². The van der Waals surface area contributed by atoms with Crippen LogP contribution in [0.4, 0.5) is 0 Å². The van der Waals surface area contributed by atoms with Gasteiger partial charge in [-0.15, -0.1) is 0 Å². The average Bonchev–Trinajstić information content (AvgIpc) is 1.85. The molecule has 0 saturated carbocycles. The Morgan fingerprint density at radius 2 is 1.42 bits per heavy atom. The summed E-state index contributed by atoms with van der Waals surface area (Å²) in [6.45, 7) is 0. The van der Waals surface area contributed by atoms with Crippen LogP contribution in [0.15, 0.2) is 19.7 Å². The topological polar surface area (TPSA) is 46.5 Å². The quantitative estimate of drug-likeness (QED) is 0.615. The first-order chi connectivity index (χ1) is 5.37. The largest absolute Gasteiger partial charge is 0.733 e. The molecule has 0 heterocycles. The summed E-state index contributed by atoms with van der Waals surface area (Å²) in [5.41, 5.74) is -0.611. The molecule has 0 radical (unpaired) electrons. The van der Waals surface area contributed by atoms with Gasteiger partial charge in [0.15, 0.2) is 0 Å². The Balaban J connectivity index is 5.07. The Morgan fingerprint density at radius 1 is 1.00 bits per heavy atom. The lowest BCUT2D eigenvalue weighted by Gasteiger charge is -2.24. The lowest BCUT2D eigenvalue weighted by atomic mass is 10.5. The van der Waals surface area contributed by atoms with Crippen molar-refractivity contribution in [3.63, 3.8) is 0 Å². The van der Waals surface area contributed by atoms with Crippen LogP contribution in [-0.4, -0.2) is 10.4 Å². The Hall–Kier alpha value is 0.650. The van der Waals surface area contributed by atoms with Gasteiger partial charge in [-0.05, 0) is 0 Å². The lowest BCUT2D eigenvalue weighted by molar-refractivity contribution is 0.000352. The number of hydrogen-bond acceptors (Lipinski definition) is 3. The third kappa shape index (κ3) is 3.58. The Bertz CT molecular complexity index is 228. The van der Waals surface area contributed by atoms with E-state index in [9.17, 15) is 5.21 Å². The van der Waals surface area contributed by atoms with E-state index in [0.717, 1.165) is 0 Å². The standard InChI is InChI=1S/C4HCl5NO2/c5-1(3(6)7)2(4(8)9)10(11)12/h11H/q-1. The summed E-state index contributed by atoms with van der Waals surface area (Å²) >= 11 is 26.1. The van der Waals surface area contributed by atoms with Crippen molar-refractivity contribution in [2.75, 3.05) is 0 Å². The fraction of sp³-hybridized carbons (Fsp3) is 0. The number of hydrogen-bond donors (Lipinski definition) is 1. The van der Waals surface area contributed by atoms with Gasteiger partial charge in [0.05, 0.1) is 5.03 Å². The van der Waals surface area contributed by atoms with Crippen molar-refractivity contribution in [1.82, 2.24) is 5.23 Å². The summed E-state index contributed by atoms with van der Waals surface area (Å²) in [5, 5.41) is 17.7. The molecule has 0 fully saturated rings. The highest BCUT2D eigenvalue weighted by Crippen LogP contribution is 2.31. The molecule has 0 aromatic heterocycles. The van der Waals surface area contributed by atoms with E-state index < -0.39 is 24.9 Å². The molecule has 0 atom stereocenters. The van der Waals surface area contributed by atoms with Crippen LogP contribution in [0, 0.1) is 5.21 Å². The lowest BCUT2D eigenvalue weighted by Crippen LogP contribution is -2.10. The first kappa shape index (κ1) is 12.7. The van der Waals surface area contributed by atoms with Gasteiger partial charge in [-0.1, -0.05) is 58.0 Å². The number of allylic oxidation sites excluding steroid dienone is 1. The van der Waals surface area contributed by atoms with Gasteiger partial charge in [0, 0.05) is 0 Å². The second-order valence-corrected chi connectivity index (χ2v) is 3.73. The van der Waals surface area contributed by atoms with Crippen molar-refractivity contribution < 1.29 is 5.21 Å². The number of hydroxylamine groups is 2. The molecule has 0 aromatic rings. The smallest absolute Gasteiger partial charge is 0.133 e. The predicted octanol–water partition coefficient (Wildman–Crippen LogP) is 3.71. The molecule has 3 nitrogen and oxygen atoms in total. The molecule has 0 saturated heterocycles. The SMILES string of the molecule is [O-]N(O)C(=C(Cl)Cl)C(Cl)=C(Cl)Cl. The third-order valence-corrected chi connectivity index (χ3v) is 2.04. The van der Waals surface area contributed by atoms with Crippen molar-refractivity contribution in [2.45, 2.75) is 0 Å². The molecule has 70 valence electrons. The molecule has 8 heteroatoms. The minimum absolute atomic E-state index is 0.430. The molecule has 12 heavy (non-hydrogen) atoms. The van der Waals surface area contributed by atoms with Crippen LogP contribution in [0.1, 0.15) is 0 Å². The zero-order chi connectivity index (χ0) is 9.89. The molecule has 0 aliphatic heterocycles. The Morgan fingerprint density at radius 3 is 1.50 bits per heavy atom. The molecular formula is C4HCl5NO2-. The maximum absolute atomic E-state index is 10.3. The van der Waals surface area contributed by atoms with Gasteiger partial charge in [0.25, 0.3) is 0 Å². The first-order valence-electron chi connectivity index (χ1n) is 2.30. The van der Waals surface area contributed by atoms with Crippen molar-refractivity contribution >= 4 is 58.0 Å².